The van der Waals surface area contributed by atoms with Crippen LogP contribution in [0.25, 0.3) is 0 Å². The molecule has 0 radical (unpaired) electrons. The number of hydrogen-bond donors (Lipinski definition) is 1. The van der Waals surface area contributed by atoms with E-state index >= 15 is 0 Å². The summed E-state index contributed by atoms with van der Waals surface area (Å²) in [5.41, 5.74) is 0. The Morgan fingerprint density at radius 1 is 1.19 bits per heavy atom. The summed E-state index contributed by atoms with van der Waals surface area (Å²) in [7, 11) is -3.28. The van der Waals surface area contributed by atoms with Gasteiger partial charge in [-0.3, -0.25) is 0 Å². The second kappa shape index (κ2) is 8.24. The number of thiophene rings is 1. The van der Waals surface area contributed by atoms with Crippen LogP contribution in [0.5, 0.6) is 0 Å². The summed E-state index contributed by atoms with van der Waals surface area (Å²) in [5.74, 6) is 0. The molecule has 0 aliphatic carbocycles. The highest BCUT2D eigenvalue weighted by Crippen LogP contribution is 2.15. The smallest absolute Gasteiger partial charge is 0.250 e. The van der Waals surface area contributed by atoms with Gasteiger partial charge in [0, 0.05) is 32.7 Å². The number of unbranched alkanes of at least 4 members (excludes halogenated alkanes) is 1. The van der Waals surface area contributed by atoms with Crippen LogP contribution >= 0.6 is 11.3 Å². The molecular formula is C14H25N3O2S2. The predicted octanol–water partition coefficient (Wildman–Crippen LogP) is 1.44. The molecule has 1 aliphatic heterocycles. The van der Waals surface area contributed by atoms with Crippen molar-refractivity contribution in [3.05, 3.63) is 17.5 Å². The molecule has 5 nitrogen and oxygen atoms in total. The van der Waals surface area contributed by atoms with Crippen molar-refractivity contribution in [2.75, 3.05) is 45.8 Å². The molecule has 0 spiro atoms. The third kappa shape index (κ3) is 5.34. The van der Waals surface area contributed by atoms with Gasteiger partial charge < -0.3 is 9.80 Å². The van der Waals surface area contributed by atoms with Crippen LogP contribution in [0, 0.1) is 0 Å². The fourth-order valence-electron chi connectivity index (χ4n) is 2.48. The summed E-state index contributed by atoms with van der Waals surface area (Å²) in [5, 5.41) is 1.78. The minimum absolute atomic E-state index is 0.401. The van der Waals surface area contributed by atoms with Gasteiger partial charge >= 0.3 is 0 Å². The lowest BCUT2D eigenvalue weighted by Crippen LogP contribution is -2.46. The summed E-state index contributed by atoms with van der Waals surface area (Å²) in [4.78, 5) is 4.94. The summed E-state index contributed by atoms with van der Waals surface area (Å²) < 4.78 is 26.9. The van der Waals surface area contributed by atoms with E-state index in [1.54, 1.807) is 17.5 Å². The van der Waals surface area contributed by atoms with E-state index in [2.05, 4.69) is 21.4 Å². The van der Waals surface area contributed by atoms with Gasteiger partial charge in [-0.2, -0.15) is 0 Å². The number of nitrogens with zero attached hydrogens (tertiary/aromatic N) is 2. The summed E-state index contributed by atoms with van der Waals surface area (Å²) >= 11 is 1.26. The Hall–Kier alpha value is -0.470. The molecule has 120 valence electrons. The fourth-order valence-corrected chi connectivity index (χ4v) is 4.60. The van der Waals surface area contributed by atoms with E-state index in [-0.39, 0.29) is 0 Å². The lowest BCUT2D eigenvalue weighted by atomic mass is 10.2. The molecule has 0 atom stereocenters. The monoisotopic (exact) mass is 331 g/mol. The van der Waals surface area contributed by atoms with Crippen molar-refractivity contribution in [1.29, 1.82) is 0 Å². The molecule has 2 heterocycles. The van der Waals surface area contributed by atoms with E-state index in [1.165, 1.54) is 11.3 Å². The Balaban J connectivity index is 1.58. The van der Waals surface area contributed by atoms with Gasteiger partial charge in [0.1, 0.15) is 4.21 Å². The highest BCUT2D eigenvalue weighted by Gasteiger charge is 2.16. The first kappa shape index (κ1) is 16.9. The Labute approximate surface area is 132 Å². The van der Waals surface area contributed by atoms with Crippen molar-refractivity contribution in [1.82, 2.24) is 14.5 Å². The largest absolute Gasteiger partial charge is 0.301 e. The van der Waals surface area contributed by atoms with E-state index in [4.69, 9.17) is 0 Å². The van der Waals surface area contributed by atoms with Crippen LogP contribution in [0.2, 0.25) is 0 Å². The quantitative estimate of drug-likeness (QED) is 0.733. The second-order valence-corrected chi connectivity index (χ2v) is 8.25. The molecule has 0 unspecified atom stereocenters. The van der Waals surface area contributed by atoms with Crippen molar-refractivity contribution >= 4 is 21.4 Å². The molecule has 1 N–H and O–H groups in total. The maximum atomic E-state index is 11.9. The molecule has 1 aromatic rings. The normalized spacial score (nSPS) is 18.1. The summed E-state index contributed by atoms with van der Waals surface area (Å²) in [6.07, 6.45) is 1.93. The number of nitrogens with one attached hydrogen (secondary N) is 1. The van der Waals surface area contributed by atoms with Gasteiger partial charge in [-0.1, -0.05) is 13.0 Å². The standard InChI is InChI=1S/C14H25N3O2S2/c1-2-16-9-11-17(12-10-16)8-4-3-7-15-21(18,19)14-6-5-13-20-14/h5-6,13,15H,2-4,7-12H2,1H3. The number of likely N-dealkylation sites (N-methyl/N-ethyl adjacent to an activating group) is 1. The Morgan fingerprint density at radius 3 is 2.52 bits per heavy atom. The van der Waals surface area contributed by atoms with Gasteiger partial charge in [-0.05, 0) is 37.4 Å². The van der Waals surface area contributed by atoms with Crippen LogP contribution in [-0.4, -0.2) is 64.0 Å². The number of sulfonamides is 1. The molecule has 7 heteroatoms. The SMILES string of the molecule is CCN1CCN(CCCCNS(=O)(=O)c2cccs2)CC1. The van der Waals surface area contributed by atoms with Crippen LogP contribution in [0.1, 0.15) is 19.8 Å². The minimum Gasteiger partial charge on any atom is -0.301 e. The first-order valence-electron chi connectivity index (χ1n) is 7.59. The summed E-state index contributed by atoms with van der Waals surface area (Å²) in [6, 6.07) is 3.40. The van der Waals surface area contributed by atoms with Crippen molar-refractivity contribution in [2.24, 2.45) is 0 Å². The molecule has 21 heavy (non-hydrogen) atoms. The van der Waals surface area contributed by atoms with Gasteiger partial charge in [-0.15, -0.1) is 11.3 Å². The van der Waals surface area contributed by atoms with Gasteiger partial charge in [0.2, 0.25) is 10.0 Å². The minimum atomic E-state index is -3.28. The average Bonchev–Trinajstić information content (AvgIpc) is 3.02. The zero-order valence-corrected chi connectivity index (χ0v) is 14.3. The van der Waals surface area contributed by atoms with E-state index in [9.17, 15) is 8.42 Å². The molecule has 0 amide bonds. The van der Waals surface area contributed by atoms with Crippen molar-refractivity contribution in [3.63, 3.8) is 0 Å². The van der Waals surface area contributed by atoms with Crippen LogP contribution < -0.4 is 4.72 Å². The molecule has 0 saturated carbocycles. The average molecular weight is 332 g/mol. The zero-order chi connectivity index (χ0) is 15.1. The van der Waals surface area contributed by atoms with Crippen molar-refractivity contribution in [2.45, 2.75) is 24.0 Å². The van der Waals surface area contributed by atoms with Crippen molar-refractivity contribution < 1.29 is 8.42 Å². The molecule has 1 aliphatic rings. The third-order valence-electron chi connectivity index (χ3n) is 3.87. The number of hydrogen-bond acceptors (Lipinski definition) is 5. The van der Waals surface area contributed by atoms with E-state index in [0.29, 0.717) is 10.8 Å². The number of piperazine rings is 1. The topological polar surface area (TPSA) is 52.6 Å². The van der Waals surface area contributed by atoms with Crippen LogP contribution in [0.3, 0.4) is 0 Å². The maximum absolute atomic E-state index is 11.9. The van der Waals surface area contributed by atoms with Crippen LogP contribution in [0.15, 0.2) is 21.7 Å². The fraction of sp³-hybridized carbons (Fsp3) is 0.714. The Morgan fingerprint density at radius 2 is 1.90 bits per heavy atom. The van der Waals surface area contributed by atoms with Crippen molar-refractivity contribution in [3.8, 4) is 0 Å². The maximum Gasteiger partial charge on any atom is 0.250 e. The van der Waals surface area contributed by atoms with Gasteiger partial charge in [-0.25, -0.2) is 13.1 Å². The predicted molar refractivity (Wildman–Crippen MR) is 87.3 cm³/mol. The van der Waals surface area contributed by atoms with E-state index in [0.717, 1.165) is 52.1 Å². The molecule has 2 rings (SSSR count). The Bertz CT molecular complexity index is 494. The molecule has 1 aromatic heterocycles. The van der Waals surface area contributed by atoms with Gasteiger partial charge in [0.25, 0.3) is 0 Å². The Kier molecular flexibility index (Phi) is 6.63. The molecule has 1 saturated heterocycles. The molecular weight excluding hydrogens is 306 g/mol. The lowest BCUT2D eigenvalue weighted by Gasteiger charge is -2.33. The zero-order valence-electron chi connectivity index (χ0n) is 12.6. The first-order valence-corrected chi connectivity index (χ1v) is 9.96. The highest BCUT2D eigenvalue weighted by atomic mass is 32.2. The highest BCUT2D eigenvalue weighted by molar-refractivity contribution is 7.91. The van der Waals surface area contributed by atoms with E-state index < -0.39 is 10.0 Å². The lowest BCUT2D eigenvalue weighted by molar-refractivity contribution is 0.136. The van der Waals surface area contributed by atoms with Crippen LogP contribution in [0.4, 0.5) is 0 Å². The van der Waals surface area contributed by atoms with Crippen LogP contribution in [-0.2, 0) is 10.0 Å². The van der Waals surface area contributed by atoms with Gasteiger partial charge in [0.15, 0.2) is 0 Å². The molecule has 0 bridgehead atoms. The third-order valence-corrected chi connectivity index (χ3v) is 6.72. The van der Waals surface area contributed by atoms with Gasteiger partial charge in [0.05, 0.1) is 0 Å². The molecule has 1 fully saturated rings. The number of rotatable bonds is 8. The van der Waals surface area contributed by atoms with E-state index in [1.807, 2.05) is 0 Å². The summed E-state index contributed by atoms with van der Waals surface area (Å²) in [6.45, 7) is 9.51. The molecule has 0 aromatic carbocycles. The second-order valence-electron chi connectivity index (χ2n) is 5.31. The first-order chi connectivity index (χ1) is 10.1.